The molecule has 3 rings (SSSR count). The van der Waals surface area contributed by atoms with Crippen LogP contribution in [0.4, 0.5) is 0 Å². The number of benzene rings is 3. The van der Waals surface area contributed by atoms with Crippen LogP contribution in [0.3, 0.4) is 0 Å². The minimum absolute atomic E-state index is 0.324. The van der Waals surface area contributed by atoms with Crippen molar-refractivity contribution in [1.82, 2.24) is 0 Å². The van der Waals surface area contributed by atoms with E-state index >= 15 is 0 Å². The van der Waals surface area contributed by atoms with E-state index in [9.17, 15) is 4.79 Å². The lowest BCUT2D eigenvalue weighted by molar-refractivity contribution is 0.0729. The molecule has 3 aromatic rings. The Hall–Kier alpha value is -3.27. The third kappa shape index (κ3) is 4.85. The van der Waals surface area contributed by atoms with Crippen molar-refractivity contribution in [2.24, 2.45) is 0 Å². The van der Waals surface area contributed by atoms with Crippen molar-refractivity contribution in [3.8, 4) is 17.2 Å². The number of ether oxygens (including phenoxy) is 3. The van der Waals surface area contributed by atoms with Crippen LogP contribution in [0.2, 0.25) is 0 Å². The number of carbonyl (C=O) groups excluding carboxylic acids is 1. The molecule has 0 radical (unpaired) electrons. The molecule has 0 bridgehead atoms. The topological polar surface area (TPSA) is 44.8 Å². The van der Waals surface area contributed by atoms with Gasteiger partial charge in [-0.15, -0.1) is 0 Å². The second kappa shape index (κ2) is 8.55. The van der Waals surface area contributed by atoms with E-state index in [2.05, 4.69) is 0 Å². The monoisotopic (exact) mass is 334 g/mol. The highest BCUT2D eigenvalue weighted by atomic mass is 16.5. The maximum Gasteiger partial charge on any atom is 0.347 e. The molecule has 0 fully saturated rings. The van der Waals surface area contributed by atoms with Crippen LogP contribution in [0.5, 0.6) is 17.2 Å². The molecule has 3 aromatic carbocycles. The molecule has 0 atom stereocenters. The van der Waals surface area contributed by atoms with Gasteiger partial charge in [0.15, 0.2) is 0 Å². The van der Waals surface area contributed by atoms with Crippen LogP contribution in [0, 0.1) is 0 Å². The van der Waals surface area contributed by atoms with Gasteiger partial charge in [0.1, 0.15) is 36.0 Å². The highest BCUT2D eigenvalue weighted by Crippen LogP contribution is 2.20. The first-order chi connectivity index (χ1) is 12.3. The first-order valence-corrected chi connectivity index (χ1v) is 8.00. The van der Waals surface area contributed by atoms with Gasteiger partial charge in [-0.2, -0.15) is 0 Å². The summed E-state index contributed by atoms with van der Waals surface area (Å²) >= 11 is 0. The van der Waals surface area contributed by atoms with Gasteiger partial charge < -0.3 is 14.2 Å². The Kier molecular flexibility index (Phi) is 5.67. The van der Waals surface area contributed by atoms with Crippen molar-refractivity contribution in [1.29, 1.82) is 0 Å². The van der Waals surface area contributed by atoms with Crippen LogP contribution >= 0.6 is 0 Å². The van der Waals surface area contributed by atoms with E-state index < -0.39 is 5.97 Å². The molecule has 4 nitrogen and oxygen atoms in total. The van der Waals surface area contributed by atoms with Crippen LogP contribution in [0.25, 0.3) is 0 Å². The first kappa shape index (κ1) is 16.6. The standard InChI is InChI=1S/C21H18O4/c22-21(25-18-11-5-2-6-12-18)19-13-7-8-14-20(19)24-16-15-23-17-9-3-1-4-10-17/h1-14H,15-16H2. The molecule has 0 aliphatic rings. The summed E-state index contributed by atoms with van der Waals surface area (Å²) in [5.41, 5.74) is 0.381. The van der Waals surface area contributed by atoms with Crippen LogP contribution < -0.4 is 14.2 Å². The maximum atomic E-state index is 12.4. The molecule has 0 spiro atoms. The molecule has 0 unspecified atom stereocenters. The number of hydrogen-bond acceptors (Lipinski definition) is 4. The summed E-state index contributed by atoms with van der Waals surface area (Å²) in [5.74, 6) is 1.29. The second-order valence-corrected chi connectivity index (χ2v) is 5.21. The molecule has 0 heterocycles. The Labute approximate surface area is 146 Å². The molecule has 4 heteroatoms. The van der Waals surface area contributed by atoms with E-state index in [1.165, 1.54) is 0 Å². The molecule has 126 valence electrons. The minimum atomic E-state index is -0.453. The van der Waals surface area contributed by atoms with Crippen molar-refractivity contribution < 1.29 is 19.0 Å². The Morgan fingerprint density at radius 3 is 1.92 bits per heavy atom. The molecule has 0 aromatic heterocycles. The van der Waals surface area contributed by atoms with E-state index in [-0.39, 0.29) is 0 Å². The van der Waals surface area contributed by atoms with Gasteiger partial charge in [-0.25, -0.2) is 4.79 Å². The van der Waals surface area contributed by atoms with Crippen LogP contribution in [-0.4, -0.2) is 19.2 Å². The number of para-hydroxylation sites is 3. The molecule has 0 saturated heterocycles. The Balaban J connectivity index is 1.58. The summed E-state index contributed by atoms with van der Waals surface area (Å²) in [6.07, 6.45) is 0. The summed E-state index contributed by atoms with van der Waals surface area (Å²) in [6.45, 7) is 0.705. The van der Waals surface area contributed by atoms with Gasteiger partial charge >= 0.3 is 5.97 Å². The van der Waals surface area contributed by atoms with E-state index in [4.69, 9.17) is 14.2 Å². The number of rotatable bonds is 7. The van der Waals surface area contributed by atoms with Crippen LogP contribution in [0.15, 0.2) is 84.9 Å². The normalized spacial score (nSPS) is 10.1. The quantitative estimate of drug-likeness (QED) is 0.366. The highest BCUT2D eigenvalue weighted by molar-refractivity contribution is 5.93. The zero-order chi connectivity index (χ0) is 17.3. The van der Waals surface area contributed by atoms with Gasteiger partial charge in [-0.3, -0.25) is 0 Å². The van der Waals surface area contributed by atoms with Crippen molar-refractivity contribution in [2.45, 2.75) is 0 Å². The third-order valence-corrected chi connectivity index (χ3v) is 3.41. The Bertz CT molecular complexity index is 800. The van der Waals surface area contributed by atoms with Crippen molar-refractivity contribution >= 4 is 5.97 Å². The van der Waals surface area contributed by atoms with Gasteiger partial charge in [0.25, 0.3) is 0 Å². The van der Waals surface area contributed by atoms with E-state index in [0.29, 0.717) is 30.3 Å². The van der Waals surface area contributed by atoms with Gasteiger partial charge in [0.05, 0.1) is 0 Å². The average molecular weight is 334 g/mol. The fraction of sp³-hybridized carbons (Fsp3) is 0.0952. The van der Waals surface area contributed by atoms with E-state index in [0.717, 1.165) is 5.75 Å². The van der Waals surface area contributed by atoms with Gasteiger partial charge in [-0.1, -0.05) is 48.5 Å². The van der Waals surface area contributed by atoms with Gasteiger partial charge in [-0.05, 0) is 36.4 Å². The molecule has 0 N–H and O–H groups in total. The minimum Gasteiger partial charge on any atom is -0.490 e. The number of hydrogen-bond donors (Lipinski definition) is 0. The Morgan fingerprint density at radius 2 is 1.20 bits per heavy atom. The lowest BCUT2D eigenvalue weighted by Gasteiger charge is -2.12. The predicted molar refractivity (Wildman–Crippen MR) is 95.3 cm³/mol. The molecular formula is C21H18O4. The third-order valence-electron chi connectivity index (χ3n) is 3.41. The fourth-order valence-electron chi connectivity index (χ4n) is 2.24. The smallest absolute Gasteiger partial charge is 0.347 e. The summed E-state index contributed by atoms with van der Waals surface area (Å²) in [7, 11) is 0. The van der Waals surface area contributed by atoms with E-state index in [1.54, 1.807) is 30.3 Å². The maximum absolute atomic E-state index is 12.4. The zero-order valence-corrected chi connectivity index (χ0v) is 13.6. The molecule has 0 saturated carbocycles. The fourth-order valence-corrected chi connectivity index (χ4v) is 2.24. The summed E-state index contributed by atoms with van der Waals surface area (Å²) in [4.78, 5) is 12.4. The van der Waals surface area contributed by atoms with Crippen molar-refractivity contribution in [3.05, 3.63) is 90.5 Å². The van der Waals surface area contributed by atoms with Crippen molar-refractivity contribution in [3.63, 3.8) is 0 Å². The molecule has 25 heavy (non-hydrogen) atoms. The lowest BCUT2D eigenvalue weighted by atomic mass is 10.2. The molecule has 0 amide bonds. The predicted octanol–water partition coefficient (Wildman–Crippen LogP) is 4.36. The SMILES string of the molecule is O=C(Oc1ccccc1)c1ccccc1OCCOc1ccccc1. The summed E-state index contributed by atoms with van der Waals surface area (Å²) < 4.78 is 16.6. The molecule has 0 aliphatic carbocycles. The van der Waals surface area contributed by atoms with Gasteiger partial charge in [0.2, 0.25) is 0 Å². The Morgan fingerprint density at radius 1 is 0.640 bits per heavy atom. The molecule has 0 aliphatic heterocycles. The zero-order valence-electron chi connectivity index (χ0n) is 13.6. The summed E-state index contributed by atoms with van der Waals surface area (Å²) in [6, 6.07) is 25.5. The molecular weight excluding hydrogens is 316 g/mol. The van der Waals surface area contributed by atoms with Crippen LogP contribution in [0.1, 0.15) is 10.4 Å². The number of carbonyl (C=O) groups is 1. The van der Waals surface area contributed by atoms with Crippen LogP contribution in [-0.2, 0) is 0 Å². The second-order valence-electron chi connectivity index (χ2n) is 5.21. The number of esters is 1. The summed E-state index contributed by atoms with van der Waals surface area (Å²) in [5, 5.41) is 0. The largest absolute Gasteiger partial charge is 0.490 e. The lowest BCUT2D eigenvalue weighted by Crippen LogP contribution is -2.14. The highest BCUT2D eigenvalue weighted by Gasteiger charge is 2.14. The van der Waals surface area contributed by atoms with E-state index in [1.807, 2.05) is 54.6 Å². The van der Waals surface area contributed by atoms with Crippen molar-refractivity contribution in [2.75, 3.05) is 13.2 Å². The van der Waals surface area contributed by atoms with Gasteiger partial charge in [0, 0.05) is 0 Å². The first-order valence-electron chi connectivity index (χ1n) is 8.00. The average Bonchev–Trinajstić information content (AvgIpc) is 2.67.